The third-order valence-electron chi connectivity index (χ3n) is 5.88. The van der Waals surface area contributed by atoms with E-state index in [-0.39, 0.29) is 12.0 Å². The van der Waals surface area contributed by atoms with Gasteiger partial charge in [-0.05, 0) is 55.0 Å². The predicted octanol–water partition coefficient (Wildman–Crippen LogP) is 3.67. The molecule has 2 fully saturated rings. The van der Waals surface area contributed by atoms with Crippen LogP contribution in [-0.4, -0.2) is 48.3 Å². The van der Waals surface area contributed by atoms with Gasteiger partial charge in [0.2, 0.25) is 0 Å². The molecule has 2 aromatic carbocycles. The molecule has 28 heavy (non-hydrogen) atoms. The first-order valence-corrected chi connectivity index (χ1v) is 10.1. The smallest absolute Gasteiger partial charge is 0.255 e. The van der Waals surface area contributed by atoms with Crippen LogP contribution >= 0.6 is 11.6 Å². The topological polar surface area (TPSA) is 61.8 Å². The number of benzene rings is 2. The van der Waals surface area contributed by atoms with Crippen molar-refractivity contribution in [3.8, 4) is 5.75 Å². The third kappa shape index (κ3) is 3.82. The van der Waals surface area contributed by atoms with Gasteiger partial charge < -0.3 is 20.1 Å². The van der Waals surface area contributed by atoms with Gasteiger partial charge in [-0.1, -0.05) is 29.8 Å². The van der Waals surface area contributed by atoms with Gasteiger partial charge in [-0.25, -0.2) is 0 Å². The number of likely N-dealkylation sites (tertiary alicyclic amines) is 1. The molecule has 2 aliphatic rings. The van der Waals surface area contributed by atoms with Crippen molar-refractivity contribution < 1.29 is 14.6 Å². The molecule has 1 amide bonds. The van der Waals surface area contributed by atoms with Gasteiger partial charge in [-0.3, -0.25) is 4.79 Å². The number of hydrogen-bond donors (Lipinski definition) is 2. The van der Waals surface area contributed by atoms with Crippen LogP contribution in [0.5, 0.6) is 5.75 Å². The van der Waals surface area contributed by atoms with E-state index in [0.29, 0.717) is 47.7 Å². The summed E-state index contributed by atoms with van der Waals surface area (Å²) in [5, 5.41) is 14.3. The average Bonchev–Trinajstić information content (AvgIpc) is 3.10. The molecule has 0 unspecified atom stereocenters. The molecule has 148 valence electrons. The minimum absolute atomic E-state index is 0.0427. The predicted molar refractivity (Wildman–Crippen MR) is 110 cm³/mol. The molecule has 0 radical (unpaired) electrons. The van der Waals surface area contributed by atoms with Crippen LogP contribution < -0.4 is 10.1 Å². The number of hydrogen-bond acceptors (Lipinski definition) is 4. The fraction of sp³-hybridized carbons (Fsp3) is 0.409. The summed E-state index contributed by atoms with van der Waals surface area (Å²) in [7, 11) is 1.82. The van der Waals surface area contributed by atoms with Crippen LogP contribution in [0.15, 0.2) is 48.5 Å². The number of aliphatic hydroxyl groups is 1. The number of aliphatic hydroxyl groups excluding tert-OH is 1. The Kier molecular flexibility index (Phi) is 5.47. The molecule has 2 aromatic rings. The lowest BCUT2D eigenvalue weighted by atomic mass is 9.78. The number of nitrogens with one attached hydrogen (secondary N) is 1. The molecule has 1 aliphatic carbocycles. The van der Waals surface area contributed by atoms with Crippen molar-refractivity contribution in [3.05, 3.63) is 59.1 Å². The first-order chi connectivity index (χ1) is 13.5. The van der Waals surface area contributed by atoms with Gasteiger partial charge in [0.05, 0.1) is 11.7 Å². The number of amides is 1. The molecule has 6 heteroatoms. The molecule has 0 bridgehead atoms. The fourth-order valence-electron chi connectivity index (χ4n) is 4.46. The monoisotopic (exact) mass is 400 g/mol. The fourth-order valence-corrected chi connectivity index (χ4v) is 4.64. The van der Waals surface area contributed by atoms with Gasteiger partial charge in [0.25, 0.3) is 5.91 Å². The zero-order valence-electron chi connectivity index (χ0n) is 15.8. The summed E-state index contributed by atoms with van der Waals surface area (Å²) in [4.78, 5) is 15.0. The zero-order valence-corrected chi connectivity index (χ0v) is 16.6. The van der Waals surface area contributed by atoms with Gasteiger partial charge in [0.15, 0.2) is 0 Å². The van der Waals surface area contributed by atoms with E-state index in [1.165, 1.54) is 0 Å². The Bertz CT molecular complexity index is 859. The second-order valence-electron chi connectivity index (χ2n) is 7.68. The van der Waals surface area contributed by atoms with E-state index in [0.717, 1.165) is 12.1 Å². The second-order valence-corrected chi connectivity index (χ2v) is 8.11. The summed E-state index contributed by atoms with van der Waals surface area (Å²) in [5.41, 5.74) is 1.53. The van der Waals surface area contributed by atoms with Crippen molar-refractivity contribution in [2.75, 3.05) is 25.5 Å². The van der Waals surface area contributed by atoms with Gasteiger partial charge in [0.1, 0.15) is 11.9 Å². The number of carbonyl (C=O) groups is 1. The van der Waals surface area contributed by atoms with Crippen LogP contribution in [0.1, 0.15) is 23.2 Å². The Hall–Kier alpha value is -2.24. The van der Waals surface area contributed by atoms with E-state index >= 15 is 0 Å². The summed E-state index contributed by atoms with van der Waals surface area (Å²) in [5.74, 6) is 1.35. The highest BCUT2D eigenvalue weighted by Crippen LogP contribution is 2.39. The molecule has 0 aromatic heterocycles. The van der Waals surface area contributed by atoms with Crippen molar-refractivity contribution in [1.82, 2.24) is 4.90 Å². The number of nitrogens with zero attached hydrogens (tertiary/aromatic N) is 1. The Balaban J connectivity index is 1.44. The number of rotatable bonds is 4. The second kappa shape index (κ2) is 8.02. The Labute approximate surface area is 170 Å². The molecule has 4 rings (SSSR count). The SMILES string of the molecule is CNc1ccccc1C(=O)N1C[C@H]2C[C@@H](Oc3cccc(Cl)c3)[C@H](O)C[C@H]2C1. The highest BCUT2D eigenvalue weighted by atomic mass is 35.5. The number of halogens is 1. The van der Waals surface area contributed by atoms with Gasteiger partial charge in [0, 0.05) is 30.8 Å². The summed E-state index contributed by atoms with van der Waals surface area (Å²) in [6.07, 6.45) is 0.558. The minimum Gasteiger partial charge on any atom is -0.488 e. The van der Waals surface area contributed by atoms with Gasteiger partial charge >= 0.3 is 0 Å². The first kappa shape index (κ1) is 19.1. The van der Waals surface area contributed by atoms with Crippen molar-refractivity contribution >= 4 is 23.2 Å². The van der Waals surface area contributed by atoms with Gasteiger partial charge in [-0.15, -0.1) is 0 Å². The lowest BCUT2D eigenvalue weighted by molar-refractivity contribution is -0.0231. The lowest BCUT2D eigenvalue weighted by Crippen LogP contribution is -2.42. The van der Waals surface area contributed by atoms with E-state index in [1.54, 1.807) is 12.1 Å². The number of para-hydroxylation sites is 1. The normalized spacial score (nSPS) is 26.6. The minimum atomic E-state index is -0.542. The first-order valence-electron chi connectivity index (χ1n) is 9.71. The largest absolute Gasteiger partial charge is 0.488 e. The molecule has 0 spiro atoms. The van der Waals surface area contributed by atoms with E-state index in [1.807, 2.05) is 48.3 Å². The van der Waals surface area contributed by atoms with Crippen molar-refractivity contribution in [1.29, 1.82) is 0 Å². The average molecular weight is 401 g/mol. The highest BCUT2D eigenvalue weighted by Gasteiger charge is 2.44. The third-order valence-corrected chi connectivity index (χ3v) is 6.12. The van der Waals surface area contributed by atoms with Crippen molar-refractivity contribution in [2.45, 2.75) is 25.0 Å². The maximum atomic E-state index is 13.0. The summed E-state index contributed by atoms with van der Waals surface area (Å²) in [6, 6.07) is 14.8. The van der Waals surface area contributed by atoms with Crippen LogP contribution in [0, 0.1) is 11.8 Å². The van der Waals surface area contributed by atoms with Crippen molar-refractivity contribution in [3.63, 3.8) is 0 Å². The zero-order chi connectivity index (χ0) is 19.7. The van der Waals surface area contributed by atoms with E-state index < -0.39 is 6.10 Å². The number of carbonyl (C=O) groups excluding carboxylic acids is 1. The van der Waals surface area contributed by atoms with Crippen LogP contribution in [0.2, 0.25) is 5.02 Å². The molecule has 1 heterocycles. The maximum absolute atomic E-state index is 13.0. The number of fused-ring (bicyclic) bond motifs is 1. The number of ether oxygens (including phenoxy) is 1. The summed E-state index contributed by atoms with van der Waals surface area (Å²) < 4.78 is 6.03. The Morgan fingerprint density at radius 1 is 1.14 bits per heavy atom. The quantitative estimate of drug-likeness (QED) is 0.822. The lowest BCUT2D eigenvalue weighted by Gasteiger charge is -2.35. The molecule has 1 aliphatic heterocycles. The summed E-state index contributed by atoms with van der Waals surface area (Å²) >= 11 is 6.03. The standard InChI is InChI=1S/C22H25ClN2O3/c1-24-19-8-3-2-7-18(19)22(27)25-12-14-9-20(26)21(10-15(14)13-25)28-17-6-4-5-16(23)11-17/h2-8,11,14-15,20-21,24,26H,9-10,12-13H2,1H3/t14-,15+,20+,21+/m0/s1. The van der Waals surface area contributed by atoms with E-state index in [4.69, 9.17) is 16.3 Å². The van der Waals surface area contributed by atoms with Crippen LogP contribution in [0.25, 0.3) is 0 Å². The molecule has 2 N–H and O–H groups in total. The molecule has 1 saturated carbocycles. The molecular weight excluding hydrogens is 376 g/mol. The maximum Gasteiger partial charge on any atom is 0.255 e. The molecular formula is C22H25ClN2O3. The van der Waals surface area contributed by atoms with Crippen LogP contribution in [0.3, 0.4) is 0 Å². The highest BCUT2D eigenvalue weighted by molar-refractivity contribution is 6.30. The summed E-state index contributed by atoms with van der Waals surface area (Å²) in [6.45, 7) is 1.38. The van der Waals surface area contributed by atoms with Crippen molar-refractivity contribution in [2.24, 2.45) is 11.8 Å². The Morgan fingerprint density at radius 3 is 2.64 bits per heavy atom. The van der Waals surface area contributed by atoms with E-state index in [2.05, 4.69) is 5.32 Å². The Morgan fingerprint density at radius 2 is 1.89 bits per heavy atom. The van der Waals surface area contributed by atoms with Gasteiger partial charge in [-0.2, -0.15) is 0 Å². The van der Waals surface area contributed by atoms with E-state index in [9.17, 15) is 9.90 Å². The molecule has 5 nitrogen and oxygen atoms in total. The number of anilines is 1. The van der Waals surface area contributed by atoms with Crippen LogP contribution in [-0.2, 0) is 0 Å². The molecule has 1 saturated heterocycles. The molecule has 4 atom stereocenters. The van der Waals surface area contributed by atoms with Crippen LogP contribution in [0.4, 0.5) is 5.69 Å².